The Labute approximate surface area is 222 Å². The summed E-state index contributed by atoms with van der Waals surface area (Å²) in [5, 5.41) is 22.9. The van der Waals surface area contributed by atoms with Crippen LogP contribution in [0.15, 0.2) is 65.7 Å². The summed E-state index contributed by atoms with van der Waals surface area (Å²) in [6.07, 6.45) is -1.12. The number of nitrogens with zero attached hydrogens (tertiary/aromatic N) is 3. The number of carbonyl (C=O) groups is 1. The molecule has 0 saturated carbocycles. The van der Waals surface area contributed by atoms with Crippen LogP contribution in [0.1, 0.15) is 12.8 Å². The Kier molecular flexibility index (Phi) is 10.0. The molecule has 0 unspecified atom stereocenters. The van der Waals surface area contributed by atoms with Crippen LogP contribution < -0.4 is 15.4 Å². The Morgan fingerprint density at radius 2 is 1.67 bits per heavy atom. The van der Waals surface area contributed by atoms with Gasteiger partial charge in [-0.15, -0.1) is 0 Å². The molecule has 0 amide bonds. The number of phenols is 1. The van der Waals surface area contributed by atoms with Gasteiger partial charge in [-0.1, -0.05) is 6.07 Å². The topological polar surface area (TPSA) is 157 Å². The summed E-state index contributed by atoms with van der Waals surface area (Å²) in [5.74, 6) is -1.69. The summed E-state index contributed by atoms with van der Waals surface area (Å²) in [6, 6.07) is 14.9. The van der Waals surface area contributed by atoms with Crippen LogP contribution in [0.4, 0.5) is 36.3 Å². The Hall–Kier alpha value is -3.95. The lowest BCUT2D eigenvalue weighted by molar-refractivity contribution is -0.192. The zero-order valence-corrected chi connectivity index (χ0v) is 21.3. The molecule has 0 radical (unpaired) electrons. The van der Waals surface area contributed by atoms with Crippen LogP contribution in [0.2, 0.25) is 0 Å². The molecule has 11 nitrogen and oxygen atoms in total. The van der Waals surface area contributed by atoms with Crippen LogP contribution in [0.25, 0.3) is 0 Å². The Bertz CT molecular complexity index is 1350. The SMILES string of the molecule is O=C(O)C(F)(F)F.O=S(=O)(NCCN1CCCC1)c1ccc(Nc2nccc(Nc3cccc(O)c3)n2)cc1. The second-order valence-electron chi connectivity index (χ2n) is 8.34. The molecule has 4 rings (SSSR count). The van der Waals surface area contributed by atoms with Gasteiger partial charge in [-0.2, -0.15) is 18.2 Å². The average molecular weight is 569 g/mol. The van der Waals surface area contributed by atoms with Gasteiger partial charge in [0.1, 0.15) is 11.6 Å². The number of alkyl halides is 3. The van der Waals surface area contributed by atoms with Crippen LogP contribution in [0, 0.1) is 0 Å². The highest BCUT2D eigenvalue weighted by atomic mass is 32.2. The first-order chi connectivity index (χ1) is 18.4. The van der Waals surface area contributed by atoms with Gasteiger partial charge in [0, 0.05) is 36.7 Å². The number of halogens is 3. The van der Waals surface area contributed by atoms with Gasteiger partial charge >= 0.3 is 12.1 Å². The van der Waals surface area contributed by atoms with Crippen molar-refractivity contribution in [2.75, 3.05) is 36.8 Å². The molecular formula is C24H27F3N6O5S. The summed E-state index contributed by atoms with van der Waals surface area (Å²) < 4.78 is 59.4. The lowest BCUT2D eigenvalue weighted by Gasteiger charge is -2.15. The summed E-state index contributed by atoms with van der Waals surface area (Å²) in [4.78, 5) is 20.0. The first kappa shape index (κ1) is 29.6. The molecule has 3 aromatic rings. The maximum absolute atomic E-state index is 12.5. The van der Waals surface area contributed by atoms with Crippen molar-refractivity contribution in [3.8, 4) is 5.75 Å². The minimum Gasteiger partial charge on any atom is -0.508 e. The molecule has 1 aliphatic heterocycles. The van der Waals surface area contributed by atoms with Crippen molar-refractivity contribution in [1.29, 1.82) is 0 Å². The molecule has 1 saturated heterocycles. The van der Waals surface area contributed by atoms with Crippen molar-refractivity contribution in [1.82, 2.24) is 19.6 Å². The highest BCUT2D eigenvalue weighted by molar-refractivity contribution is 7.89. The fraction of sp³-hybridized carbons (Fsp3) is 0.292. The van der Waals surface area contributed by atoms with Crippen molar-refractivity contribution < 1.29 is 36.6 Å². The second-order valence-corrected chi connectivity index (χ2v) is 10.1. The van der Waals surface area contributed by atoms with Crippen LogP contribution in [-0.2, 0) is 14.8 Å². The summed E-state index contributed by atoms with van der Waals surface area (Å²) >= 11 is 0. The fourth-order valence-electron chi connectivity index (χ4n) is 3.49. The molecule has 15 heteroatoms. The normalized spacial score (nSPS) is 13.8. The number of hydrogen-bond acceptors (Lipinski definition) is 9. The van der Waals surface area contributed by atoms with Gasteiger partial charge in [0.15, 0.2) is 0 Å². The van der Waals surface area contributed by atoms with Gasteiger partial charge in [0.05, 0.1) is 4.90 Å². The van der Waals surface area contributed by atoms with E-state index in [1.54, 1.807) is 54.7 Å². The zero-order valence-electron chi connectivity index (χ0n) is 20.5. The number of nitrogens with one attached hydrogen (secondary N) is 3. The number of benzene rings is 2. The molecule has 0 spiro atoms. The molecule has 2 aromatic carbocycles. The van der Waals surface area contributed by atoms with Crippen molar-refractivity contribution in [3.63, 3.8) is 0 Å². The van der Waals surface area contributed by atoms with E-state index in [9.17, 15) is 26.7 Å². The smallest absolute Gasteiger partial charge is 0.490 e. The van der Waals surface area contributed by atoms with E-state index < -0.39 is 22.2 Å². The van der Waals surface area contributed by atoms with E-state index in [1.165, 1.54) is 12.8 Å². The van der Waals surface area contributed by atoms with Crippen LogP contribution in [0.5, 0.6) is 5.75 Å². The molecule has 39 heavy (non-hydrogen) atoms. The van der Waals surface area contributed by atoms with Gasteiger partial charge < -0.3 is 25.7 Å². The summed E-state index contributed by atoms with van der Waals surface area (Å²) in [7, 11) is -3.55. The number of carboxylic acids is 1. The minimum atomic E-state index is -5.08. The lowest BCUT2D eigenvalue weighted by Crippen LogP contribution is -2.33. The molecule has 0 aliphatic carbocycles. The molecule has 0 atom stereocenters. The fourth-order valence-corrected chi connectivity index (χ4v) is 4.52. The third kappa shape index (κ3) is 9.70. The highest BCUT2D eigenvalue weighted by Gasteiger charge is 2.38. The molecule has 2 heterocycles. The number of phenolic OH excluding ortho intramolecular Hbond substituents is 1. The number of likely N-dealkylation sites (tertiary alicyclic amines) is 1. The van der Waals surface area contributed by atoms with E-state index in [-0.39, 0.29) is 10.6 Å². The molecule has 0 bridgehead atoms. The molecule has 1 fully saturated rings. The summed E-state index contributed by atoms with van der Waals surface area (Å²) in [6.45, 7) is 3.20. The molecule has 1 aliphatic rings. The standard InChI is InChI=1S/C22H26N6O3S.C2HF3O2/c29-19-5-3-4-18(16-19)25-21-10-11-23-22(27-21)26-17-6-8-20(9-7-17)32(30,31)24-12-15-28-13-1-2-14-28;3-2(4,5)1(6)7/h3-11,16,24,29H,1-2,12-15H2,(H2,23,25,26,27);(H,6,7). The number of hydrogen-bond donors (Lipinski definition) is 5. The van der Waals surface area contributed by atoms with E-state index in [0.717, 1.165) is 19.6 Å². The van der Waals surface area contributed by atoms with Crippen molar-refractivity contribution >= 4 is 39.1 Å². The Morgan fingerprint density at radius 1 is 1.00 bits per heavy atom. The van der Waals surface area contributed by atoms with Crippen LogP contribution >= 0.6 is 0 Å². The minimum absolute atomic E-state index is 0.156. The van der Waals surface area contributed by atoms with Crippen LogP contribution in [-0.4, -0.2) is 71.8 Å². The molecule has 210 valence electrons. The first-order valence-corrected chi connectivity index (χ1v) is 13.2. The van der Waals surface area contributed by atoms with Crippen LogP contribution in [0.3, 0.4) is 0 Å². The monoisotopic (exact) mass is 568 g/mol. The Morgan fingerprint density at radius 3 is 2.28 bits per heavy atom. The maximum atomic E-state index is 12.5. The van der Waals surface area contributed by atoms with Crippen molar-refractivity contribution in [3.05, 3.63) is 60.8 Å². The predicted molar refractivity (Wildman–Crippen MR) is 138 cm³/mol. The van der Waals surface area contributed by atoms with E-state index >= 15 is 0 Å². The van der Waals surface area contributed by atoms with E-state index in [0.29, 0.717) is 29.7 Å². The van der Waals surface area contributed by atoms with Gasteiger partial charge in [0.25, 0.3) is 0 Å². The lowest BCUT2D eigenvalue weighted by atomic mass is 10.3. The van der Waals surface area contributed by atoms with E-state index in [4.69, 9.17) is 9.90 Å². The number of aliphatic carboxylic acids is 1. The molecule has 5 N–H and O–H groups in total. The molecule has 1 aromatic heterocycles. The zero-order chi connectivity index (χ0) is 28.5. The third-order valence-corrected chi connectivity index (χ3v) is 6.83. The van der Waals surface area contributed by atoms with Gasteiger partial charge in [-0.3, -0.25) is 0 Å². The van der Waals surface area contributed by atoms with Gasteiger partial charge in [-0.25, -0.2) is 22.9 Å². The van der Waals surface area contributed by atoms with Gasteiger partial charge in [-0.05, 0) is 68.4 Å². The second kappa shape index (κ2) is 13.2. The number of sulfonamides is 1. The van der Waals surface area contributed by atoms with E-state index in [2.05, 4.69) is 30.2 Å². The third-order valence-electron chi connectivity index (χ3n) is 5.36. The number of carboxylic acid groups (broad SMARTS) is 1. The molecular weight excluding hydrogens is 541 g/mol. The number of rotatable bonds is 9. The number of aromatic nitrogens is 2. The quantitative estimate of drug-likeness (QED) is 0.258. The predicted octanol–water partition coefficient (Wildman–Crippen LogP) is 3.68. The largest absolute Gasteiger partial charge is 0.508 e. The number of aromatic hydroxyl groups is 1. The van der Waals surface area contributed by atoms with Crippen molar-refractivity contribution in [2.45, 2.75) is 23.9 Å². The van der Waals surface area contributed by atoms with Crippen molar-refractivity contribution in [2.24, 2.45) is 0 Å². The number of anilines is 4. The Balaban J connectivity index is 0.000000532. The van der Waals surface area contributed by atoms with E-state index in [1.807, 2.05) is 6.07 Å². The highest BCUT2D eigenvalue weighted by Crippen LogP contribution is 2.21. The maximum Gasteiger partial charge on any atom is 0.490 e. The average Bonchev–Trinajstić information content (AvgIpc) is 3.38. The first-order valence-electron chi connectivity index (χ1n) is 11.7. The summed E-state index contributed by atoms with van der Waals surface area (Å²) in [5.41, 5.74) is 1.36. The van der Waals surface area contributed by atoms with Gasteiger partial charge in [0.2, 0.25) is 16.0 Å².